The van der Waals surface area contributed by atoms with Gasteiger partial charge >= 0.3 is 0 Å². The molecule has 1 aromatic rings. The van der Waals surface area contributed by atoms with Gasteiger partial charge in [-0.3, -0.25) is 4.99 Å². The lowest BCUT2D eigenvalue weighted by atomic mass is 10.2. The highest BCUT2D eigenvalue weighted by Gasteiger charge is 2.06. The average Bonchev–Trinajstić information content (AvgIpc) is 2.63. The van der Waals surface area contributed by atoms with Crippen LogP contribution in [0.3, 0.4) is 0 Å². The van der Waals surface area contributed by atoms with Crippen LogP contribution in [0, 0.1) is 5.92 Å². The molecule has 0 aliphatic carbocycles. The lowest BCUT2D eigenvalue weighted by Gasteiger charge is -2.18. The summed E-state index contributed by atoms with van der Waals surface area (Å²) in [7, 11) is 5.65. The number of para-hydroxylation sites is 1. The average molecular weight is 365 g/mol. The molecule has 0 atom stereocenters. The molecule has 0 aromatic heterocycles. The molecule has 0 bridgehead atoms. The van der Waals surface area contributed by atoms with E-state index in [0.717, 1.165) is 56.5 Å². The Morgan fingerprint density at radius 2 is 1.96 bits per heavy atom. The number of nitrogens with one attached hydrogen (secondary N) is 2. The lowest BCUT2D eigenvalue weighted by Crippen LogP contribution is -2.40. The summed E-state index contributed by atoms with van der Waals surface area (Å²) >= 11 is 0. The molecule has 0 saturated carbocycles. The molecule has 0 amide bonds. The van der Waals surface area contributed by atoms with Crippen LogP contribution in [0.4, 0.5) is 0 Å². The van der Waals surface area contributed by atoms with Crippen LogP contribution in [-0.4, -0.2) is 64.9 Å². The molecule has 2 N–H and O–H groups in total. The SMILES string of the molecule is CN=C(NCCN(C)CCCOC)NCc1ccccc1OCC(C)C. The van der Waals surface area contributed by atoms with Gasteiger partial charge in [-0.05, 0) is 25.5 Å². The smallest absolute Gasteiger partial charge is 0.191 e. The van der Waals surface area contributed by atoms with Crippen LogP contribution in [-0.2, 0) is 11.3 Å². The van der Waals surface area contributed by atoms with E-state index >= 15 is 0 Å². The summed E-state index contributed by atoms with van der Waals surface area (Å²) in [6.07, 6.45) is 1.05. The summed E-state index contributed by atoms with van der Waals surface area (Å²) in [4.78, 5) is 6.58. The highest BCUT2D eigenvalue weighted by molar-refractivity contribution is 5.79. The first-order valence-electron chi connectivity index (χ1n) is 9.39. The van der Waals surface area contributed by atoms with E-state index in [1.165, 1.54) is 0 Å². The van der Waals surface area contributed by atoms with E-state index in [0.29, 0.717) is 12.5 Å². The largest absolute Gasteiger partial charge is 0.493 e. The molecule has 0 spiro atoms. The predicted molar refractivity (Wildman–Crippen MR) is 109 cm³/mol. The molecule has 0 heterocycles. The first kappa shape index (κ1) is 22.3. The number of likely N-dealkylation sites (N-methyl/N-ethyl adjacent to an activating group) is 1. The summed E-state index contributed by atoms with van der Waals surface area (Å²) in [6.45, 7) is 9.34. The molecular weight excluding hydrogens is 328 g/mol. The van der Waals surface area contributed by atoms with Gasteiger partial charge < -0.3 is 25.0 Å². The standard InChI is InChI=1S/C20H36N4O2/c1-17(2)16-26-19-10-7-6-9-18(19)15-23-20(21-3)22-11-13-24(4)12-8-14-25-5/h6-7,9-10,17H,8,11-16H2,1-5H3,(H2,21,22,23). The first-order chi connectivity index (χ1) is 12.6. The van der Waals surface area contributed by atoms with Crippen molar-refractivity contribution in [2.45, 2.75) is 26.8 Å². The molecule has 0 fully saturated rings. The molecule has 0 unspecified atom stereocenters. The summed E-state index contributed by atoms with van der Waals surface area (Å²) in [6, 6.07) is 8.14. The second kappa shape index (κ2) is 13.4. The Kier molecular flexibility index (Phi) is 11.5. The van der Waals surface area contributed by atoms with Gasteiger partial charge in [0.05, 0.1) is 6.61 Å². The van der Waals surface area contributed by atoms with Gasteiger partial charge in [0.25, 0.3) is 0 Å². The van der Waals surface area contributed by atoms with Crippen molar-refractivity contribution in [2.75, 3.05) is 54.1 Å². The number of hydrogen-bond donors (Lipinski definition) is 2. The lowest BCUT2D eigenvalue weighted by molar-refractivity contribution is 0.180. The van der Waals surface area contributed by atoms with Crippen molar-refractivity contribution in [3.63, 3.8) is 0 Å². The summed E-state index contributed by atoms with van der Waals surface area (Å²) in [5.41, 5.74) is 1.13. The van der Waals surface area contributed by atoms with Crippen molar-refractivity contribution in [2.24, 2.45) is 10.9 Å². The maximum absolute atomic E-state index is 5.91. The van der Waals surface area contributed by atoms with E-state index in [2.05, 4.69) is 47.5 Å². The third kappa shape index (κ3) is 9.63. The second-order valence-corrected chi connectivity index (χ2v) is 6.81. The maximum atomic E-state index is 5.91. The molecule has 0 radical (unpaired) electrons. The minimum Gasteiger partial charge on any atom is -0.493 e. The topological polar surface area (TPSA) is 58.1 Å². The third-order valence-electron chi connectivity index (χ3n) is 3.89. The molecule has 0 saturated heterocycles. The molecule has 1 aromatic carbocycles. The van der Waals surface area contributed by atoms with E-state index in [1.807, 2.05) is 18.2 Å². The van der Waals surface area contributed by atoms with Crippen molar-refractivity contribution in [3.8, 4) is 5.75 Å². The number of nitrogens with zero attached hydrogens (tertiary/aromatic N) is 2. The van der Waals surface area contributed by atoms with Gasteiger partial charge in [0.15, 0.2) is 5.96 Å². The van der Waals surface area contributed by atoms with Gasteiger partial charge in [-0.1, -0.05) is 32.0 Å². The fraction of sp³-hybridized carbons (Fsp3) is 0.650. The van der Waals surface area contributed by atoms with Crippen molar-refractivity contribution in [1.29, 1.82) is 0 Å². The van der Waals surface area contributed by atoms with Gasteiger partial charge in [0.1, 0.15) is 5.75 Å². The number of guanidine groups is 1. The summed E-state index contributed by atoms with van der Waals surface area (Å²) in [5.74, 6) is 2.24. The quantitative estimate of drug-likeness (QED) is 0.339. The Labute approximate surface area is 159 Å². The van der Waals surface area contributed by atoms with E-state index in [4.69, 9.17) is 9.47 Å². The van der Waals surface area contributed by atoms with Crippen LogP contribution < -0.4 is 15.4 Å². The van der Waals surface area contributed by atoms with Crippen LogP contribution in [0.2, 0.25) is 0 Å². The highest BCUT2D eigenvalue weighted by atomic mass is 16.5. The molecule has 148 valence electrons. The number of hydrogen-bond acceptors (Lipinski definition) is 4. The van der Waals surface area contributed by atoms with Gasteiger partial charge in [-0.15, -0.1) is 0 Å². The van der Waals surface area contributed by atoms with Gasteiger partial charge in [-0.25, -0.2) is 0 Å². The van der Waals surface area contributed by atoms with Crippen molar-refractivity contribution in [1.82, 2.24) is 15.5 Å². The molecule has 6 nitrogen and oxygen atoms in total. The fourth-order valence-electron chi connectivity index (χ4n) is 2.40. The molecule has 26 heavy (non-hydrogen) atoms. The van der Waals surface area contributed by atoms with Crippen LogP contribution >= 0.6 is 0 Å². The maximum Gasteiger partial charge on any atom is 0.191 e. The fourth-order valence-corrected chi connectivity index (χ4v) is 2.40. The molecule has 6 heteroatoms. The van der Waals surface area contributed by atoms with Crippen LogP contribution in [0.1, 0.15) is 25.8 Å². The molecule has 0 aliphatic rings. The normalized spacial score (nSPS) is 11.9. The van der Waals surface area contributed by atoms with Gasteiger partial charge in [0, 0.05) is 52.5 Å². The second-order valence-electron chi connectivity index (χ2n) is 6.81. The van der Waals surface area contributed by atoms with Crippen LogP contribution in [0.5, 0.6) is 5.75 Å². The monoisotopic (exact) mass is 364 g/mol. The van der Waals surface area contributed by atoms with Crippen LogP contribution in [0.15, 0.2) is 29.3 Å². The van der Waals surface area contributed by atoms with Crippen LogP contribution in [0.25, 0.3) is 0 Å². The van der Waals surface area contributed by atoms with E-state index in [-0.39, 0.29) is 0 Å². The Bertz CT molecular complexity index is 520. The summed E-state index contributed by atoms with van der Waals surface area (Å²) in [5, 5.41) is 6.72. The number of benzene rings is 1. The minimum atomic E-state index is 0.506. The number of aliphatic imine (C=N–C) groups is 1. The molecule has 1 rings (SSSR count). The number of ether oxygens (including phenoxy) is 2. The molecular formula is C20H36N4O2. The minimum absolute atomic E-state index is 0.506. The zero-order valence-corrected chi connectivity index (χ0v) is 17.0. The van der Waals surface area contributed by atoms with Crippen molar-refractivity contribution < 1.29 is 9.47 Å². The van der Waals surface area contributed by atoms with Crippen molar-refractivity contribution >= 4 is 5.96 Å². The van der Waals surface area contributed by atoms with E-state index < -0.39 is 0 Å². The zero-order chi connectivity index (χ0) is 19.2. The Morgan fingerprint density at radius 1 is 1.19 bits per heavy atom. The van der Waals surface area contributed by atoms with E-state index in [1.54, 1.807) is 14.2 Å². The van der Waals surface area contributed by atoms with Crippen molar-refractivity contribution in [3.05, 3.63) is 29.8 Å². The highest BCUT2D eigenvalue weighted by Crippen LogP contribution is 2.18. The third-order valence-corrected chi connectivity index (χ3v) is 3.89. The zero-order valence-electron chi connectivity index (χ0n) is 17.0. The Morgan fingerprint density at radius 3 is 2.65 bits per heavy atom. The molecule has 0 aliphatic heterocycles. The Balaban J connectivity index is 2.38. The number of methoxy groups -OCH3 is 1. The van der Waals surface area contributed by atoms with Gasteiger partial charge in [-0.2, -0.15) is 0 Å². The number of rotatable bonds is 12. The predicted octanol–water partition coefficient (Wildman–Crippen LogP) is 2.35. The first-order valence-corrected chi connectivity index (χ1v) is 9.39. The van der Waals surface area contributed by atoms with E-state index in [9.17, 15) is 0 Å². The summed E-state index contributed by atoms with van der Waals surface area (Å²) < 4.78 is 11.0. The van der Waals surface area contributed by atoms with Gasteiger partial charge in [0.2, 0.25) is 0 Å². The Hall–Kier alpha value is -1.79.